The van der Waals surface area contributed by atoms with Crippen LogP contribution in [0.4, 0.5) is 4.79 Å². The van der Waals surface area contributed by atoms with Gasteiger partial charge in [-0.3, -0.25) is 10.1 Å². The number of rotatable bonds is 8. The van der Waals surface area contributed by atoms with Crippen LogP contribution in [-0.4, -0.2) is 42.8 Å². The first-order valence-corrected chi connectivity index (χ1v) is 9.89. The molecular formula is C23H28N2O6. The second-order valence-electron chi connectivity index (χ2n) is 7.75. The van der Waals surface area contributed by atoms with E-state index in [0.717, 1.165) is 0 Å². The van der Waals surface area contributed by atoms with Gasteiger partial charge < -0.3 is 19.5 Å². The van der Waals surface area contributed by atoms with Crippen LogP contribution in [0, 0.1) is 0 Å². The third-order valence-corrected chi connectivity index (χ3v) is 3.84. The van der Waals surface area contributed by atoms with Gasteiger partial charge >= 0.3 is 12.0 Å². The Hall–Kier alpha value is -3.55. The Morgan fingerprint density at radius 1 is 0.903 bits per heavy atom. The van der Waals surface area contributed by atoms with E-state index in [1.165, 1.54) is 13.0 Å². The topological polar surface area (TPSA) is 103 Å². The predicted molar refractivity (Wildman–Crippen MR) is 115 cm³/mol. The van der Waals surface area contributed by atoms with Crippen molar-refractivity contribution in [2.75, 3.05) is 13.2 Å². The molecule has 0 aromatic heterocycles. The Kier molecular flexibility index (Phi) is 8.43. The molecule has 0 fully saturated rings. The summed E-state index contributed by atoms with van der Waals surface area (Å²) in [6.45, 7) is 7.22. The summed E-state index contributed by atoms with van der Waals surface area (Å²) in [5.41, 5.74) is -0.342. The maximum atomic E-state index is 12.5. The molecule has 2 aromatic carbocycles. The highest BCUT2D eigenvalue weighted by molar-refractivity contribution is 5.99. The number of nitrogens with one attached hydrogen (secondary N) is 2. The largest absolute Gasteiger partial charge is 0.490 e. The first-order valence-electron chi connectivity index (χ1n) is 9.89. The Morgan fingerprint density at radius 3 is 2.19 bits per heavy atom. The van der Waals surface area contributed by atoms with Crippen LogP contribution >= 0.6 is 0 Å². The van der Waals surface area contributed by atoms with Gasteiger partial charge in [0.15, 0.2) is 6.10 Å². The summed E-state index contributed by atoms with van der Waals surface area (Å²) in [5, 5.41) is 4.75. The highest BCUT2D eigenvalue weighted by atomic mass is 16.6. The predicted octanol–water partition coefficient (Wildman–Crippen LogP) is 3.31. The fourth-order valence-electron chi connectivity index (χ4n) is 2.45. The van der Waals surface area contributed by atoms with Gasteiger partial charge in [0.25, 0.3) is 5.91 Å². The zero-order chi connectivity index (χ0) is 22.9. The molecule has 0 heterocycles. The maximum Gasteiger partial charge on any atom is 0.342 e. The summed E-state index contributed by atoms with van der Waals surface area (Å²) in [6.07, 6.45) is -1.17. The maximum absolute atomic E-state index is 12.5. The Morgan fingerprint density at radius 2 is 1.52 bits per heavy atom. The van der Waals surface area contributed by atoms with Gasteiger partial charge in [-0.15, -0.1) is 0 Å². The molecular weight excluding hydrogens is 400 g/mol. The second-order valence-corrected chi connectivity index (χ2v) is 7.75. The highest BCUT2D eigenvalue weighted by Gasteiger charge is 2.24. The van der Waals surface area contributed by atoms with Crippen molar-refractivity contribution in [3.05, 3.63) is 60.2 Å². The Balaban J connectivity index is 1.88. The first kappa shape index (κ1) is 23.7. The van der Waals surface area contributed by atoms with Crippen LogP contribution in [0.5, 0.6) is 11.5 Å². The number of hydrogen-bond donors (Lipinski definition) is 2. The summed E-state index contributed by atoms with van der Waals surface area (Å²) in [5.74, 6) is -0.445. The van der Waals surface area contributed by atoms with E-state index in [-0.39, 0.29) is 18.8 Å². The van der Waals surface area contributed by atoms with Crippen LogP contribution in [0.1, 0.15) is 38.1 Å². The van der Waals surface area contributed by atoms with E-state index in [9.17, 15) is 14.4 Å². The van der Waals surface area contributed by atoms with Crippen LogP contribution < -0.4 is 20.1 Å². The molecule has 8 heteroatoms. The number of para-hydroxylation sites is 2. The molecule has 0 spiro atoms. The Bertz CT molecular complexity index is 892. The van der Waals surface area contributed by atoms with Crippen LogP contribution in [-0.2, 0) is 9.53 Å². The van der Waals surface area contributed by atoms with Gasteiger partial charge in [-0.2, -0.15) is 0 Å². The average Bonchev–Trinajstić information content (AvgIpc) is 2.70. The van der Waals surface area contributed by atoms with Gasteiger partial charge in [0.1, 0.15) is 30.3 Å². The fraction of sp³-hybridized carbons (Fsp3) is 0.348. The van der Waals surface area contributed by atoms with Crippen LogP contribution in [0.25, 0.3) is 0 Å². The van der Waals surface area contributed by atoms with Gasteiger partial charge in [-0.1, -0.05) is 30.3 Å². The summed E-state index contributed by atoms with van der Waals surface area (Å²) in [6, 6.07) is 15.2. The first-order chi connectivity index (χ1) is 14.7. The van der Waals surface area contributed by atoms with Crippen molar-refractivity contribution < 1.29 is 28.6 Å². The SMILES string of the molecule is CC(OC(=O)c1ccccc1OCCOc1ccccc1)C(=O)NC(=O)NC(C)(C)C. The minimum atomic E-state index is -1.17. The smallest absolute Gasteiger partial charge is 0.342 e. The van der Waals surface area contributed by atoms with Crippen LogP contribution in [0.3, 0.4) is 0 Å². The van der Waals surface area contributed by atoms with Crippen molar-refractivity contribution in [3.8, 4) is 11.5 Å². The van der Waals surface area contributed by atoms with Crippen molar-refractivity contribution >= 4 is 17.9 Å². The molecule has 31 heavy (non-hydrogen) atoms. The lowest BCUT2D eigenvalue weighted by molar-refractivity contribution is -0.127. The number of hydrogen-bond acceptors (Lipinski definition) is 6. The van der Waals surface area contributed by atoms with Crippen molar-refractivity contribution in [2.24, 2.45) is 0 Å². The van der Waals surface area contributed by atoms with Crippen LogP contribution in [0.2, 0.25) is 0 Å². The van der Waals surface area contributed by atoms with E-state index in [2.05, 4.69) is 10.6 Å². The number of imide groups is 1. The van der Waals surface area contributed by atoms with Crippen molar-refractivity contribution in [1.29, 1.82) is 0 Å². The zero-order valence-electron chi connectivity index (χ0n) is 18.1. The number of benzene rings is 2. The third-order valence-electron chi connectivity index (χ3n) is 3.84. The van der Waals surface area contributed by atoms with E-state index in [0.29, 0.717) is 11.5 Å². The molecule has 0 bridgehead atoms. The van der Waals surface area contributed by atoms with E-state index >= 15 is 0 Å². The van der Waals surface area contributed by atoms with E-state index in [4.69, 9.17) is 14.2 Å². The summed E-state index contributed by atoms with van der Waals surface area (Å²) >= 11 is 0. The standard InChI is InChI=1S/C23H28N2O6/c1-16(20(26)24-22(28)25-23(2,3)4)31-21(27)18-12-8-9-13-19(18)30-15-14-29-17-10-6-5-7-11-17/h5-13,16H,14-15H2,1-4H3,(H2,24,25,26,28). The van der Waals surface area contributed by atoms with Crippen LogP contribution in [0.15, 0.2) is 54.6 Å². The lowest BCUT2D eigenvalue weighted by Gasteiger charge is -2.21. The minimum absolute atomic E-state index is 0.168. The van der Waals surface area contributed by atoms with Crippen molar-refractivity contribution in [3.63, 3.8) is 0 Å². The number of esters is 1. The molecule has 2 rings (SSSR count). The Labute approximate surface area is 181 Å². The third kappa shape index (κ3) is 8.38. The molecule has 0 radical (unpaired) electrons. The average molecular weight is 428 g/mol. The second kappa shape index (κ2) is 11.0. The number of carbonyl (C=O) groups is 3. The van der Waals surface area contributed by atoms with Crippen molar-refractivity contribution in [1.82, 2.24) is 10.6 Å². The van der Waals surface area contributed by atoms with Gasteiger partial charge in [-0.05, 0) is 52.0 Å². The van der Waals surface area contributed by atoms with Gasteiger partial charge in [-0.25, -0.2) is 9.59 Å². The molecule has 8 nitrogen and oxygen atoms in total. The molecule has 1 unspecified atom stereocenters. The molecule has 0 aliphatic heterocycles. The molecule has 0 saturated carbocycles. The normalized spacial score (nSPS) is 11.7. The highest BCUT2D eigenvalue weighted by Crippen LogP contribution is 2.20. The summed E-state index contributed by atoms with van der Waals surface area (Å²) in [4.78, 5) is 36.5. The minimum Gasteiger partial charge on any atom is -0.490 e. The molecule has 3 amide bonds. The zero-order valence-corrected chi connectivity index (χ0v) is 18.1. The molecule has 2 N–H and O–H groups in total. The monoisotopic (exact) mass is 428 g/mol. The van der Waals surface area contributed by atoms with Gasteiger partial charge in [0.05, 0.1) is 0 Å². The number of urea groups is 1. The van der Waals surface area contributed by atoms with E-state index in [1.807, 2.05) is 30.3 Å². The van der Waals surface area contributed by atoms with Crippen molar-refractivity contribution in [2.45, 2.75) is 39.3 Å². The molecule has 0 aliphatic rings. The summed E-state index contributed by atoms with van der Waals surface area (Å²) in [7, 11) is 0. The molecule has 166 valence electrons. The number of carbonyl (C=O) groups excluding carboxylic acids is 3. The van der Waals surface area contributed by atoms with E-state index in [1.54, 1.807) is 39.0 Å². The lowest BCUT2D eigenvalue weighted by Crippen LogP contribution is -2.50. The molecule has 1 atom stereocenters. The van der Waals surface area contributed by atoms with Gasteiger partial charge in [0.2, 0.25) is 0 Å². The van der Waals surface area contributed by atoms with E-state index < -0.39 is 29.6 Å². The summed E-state index contributed by atoms with van der Waals surface area (Å²) < 4.78 is 16.4. The number of ether oxygens (including phenoxy) is 3. The molecule has 0 saturated heterocycles. The molecule has 2 aromatic rings. The van der Waals surface area contributed by atoms with Gasteiger partial charge in [0, 0.05) is 5.54 Å². The number of amides is 3. The fourth-order valence-corrected chi connectivity index (χ4v) is 2.45. The molecule has 0 aliphatic carbocycles. The quantitative estimate of drug-likeness (QED) is 0.494. The lowest BCUT2D eigenvalue weighted by atomic mass is 10.1.